The smallest absolute Gasteiger partial charge is 0.309 e. The molecule has 44 heavy (non-hydrogen) atoms. The van der Waals surface area contributed by atoms with Gasteiger partial charge < -0.3 is 10.2 Å². The van der Waals surface area contributed by atoms with Crippen molar-refractivity contribution in [2.75, 3.05) is 0 Å². The van der Waals surface area contributed by atoms with Gasteiger partial charge in [-0.1, -0.05) is 78.6 Å². The molecule has 0 bridgehead atoms. The van der Waals surface area contributed by atoms with E-state index < -0.39 is 22.8 Å². The first-order chi connectivity index (χ1) is 20.6. The number of hydrogen-bond donors (Lipinski definition) is 2. The number of carbonyl (C=O) groups is 2. The summed E-state index contributed by atoms with van der Waals surface area (Å²) >= 11 is 0. The van der Waals surface area contributed by atoms with E-state index in [9.17, 15) is 19.8 Å². The van der Waals surface area contributed by atoms with Gasteiger partial charge in [-0.2, -0.15) is 0 Å². The summed E-state index contributed by atoms with van der Waals surface area (Å²) in [5, 5.41) is 20.8. The van der Waals surface area contributed by atoms with Crippen LogP contribution in [0.25, 0.3) is 11.1 Å². The zero-order valence-electron chi connectivity index (χ0n) is 28.4. The Hall–Kier alpha value is -2.62. The molecule has 2 aromatic rings. The molecule has 0 amide bonds. The summed E-state index contributed by atoms with van der Waals surface area (Å²) in [5.41, 5.74) is 9.18. The lowest BCUT2D eigenvalue weighted by Crippen LogP contribution is -2.52. The van der Waals surface area contributed by atoms with Gasteiger partial charge in [0.1, 0.15) is 0 Å². The summed E-state index contributed by atoms with van der Waals surface area (Å²) in [5.74, 6) is -0.347. The van der Waals surface area contributed by atoms with E-state index in [0.29, 0.717) is 11.8 Å². The largest absolute Gasteiger partial charge is 0.481 e. The summed E-state index contributed by atoms with van der Waals surface area (Å²) in [6.07, 6.45) is 9.19. The predicted molar refractivity (Wildman–Crippen MR) is 178 cm³/mol. The van der Waals surface area contributed by atoms with E-state index in [0.717, 1.165) is 64.2 Å². The molecule has 2 fully saturated rings. The fraction of sp³-hybridized carbons (Fsp3) is 0.650. The van der Waals surface area contributed by atoms with Gasteiger partial charge in [0.25, 0.3) is 0 Å². The second-order valence-electron chi connectivity index (χ2n) is 16.7. The number of carboxylic acids is 2. The van der Waals surface area contributed by atoms with Crippen LogP contribution in [0.15, 0.2) is 24.3 Å². The molecule has 0 aliphatic heterocycles. The molecule has 4 nitrogen and oxygen atoms in total. The van der Waals surface area contributed by atoms with Crippen molar-refractivity contribution in [1.29, 1.82) is 0 Å². The Morgan fingerprint density at radius 2 is 1.00 bits per heavy atom. The number of fused-ring (bicyclic) bond motifs is 6. The van der Waals surface area contributed by atoms with Crippen LogP contribution in [0.1, 0.15) is 152 Å². The highest BCUT2D eigenvalue weighted by Gasteiger charge is 2.57. The molecule has 2 N–H and O–H groups in total. The second-order valence-corrected chi connectivity index (χ2v) is 16.7. The first-order valence-corrected chi connectivity index (χ1v) is 17.4. The summed E-state index contributed by atoms with van der Waals surface area (Å²) in [4.78, 5) is 25.3. The molecule has 238 valence electrons. The minimum atomic E-state index is -0.697. The molecule has 2 aromatic carbocycles. The highest BCUT2D eigenvalue weighted by molar-refractivity contribution is 5.79. The Bertz CT molecular complexity index is 1400. The maximum Gasteiger partial charge on any atom is 0.309 e. The van der Waals surface area contributed by atoms with E-state index in [1.54, 1.807) is 0 Å². The van der Waals surface area contributed by atoms with Gasteiger partial charge in [-0.15, -0.1) is 0 Å². The molecule has 0 aromatic heterocycles. The number of aryl methyl sites for hydroxylation is 2. The third-order valence-corrected chi connectivity index (χ3v) is 13.6. The normalized spacial score (nSPS) is 34.6. The number of carboxylic acid groups (broad SMARTS) is 2. The Morgan fingerprint density at radius 3 is 1.32 bits per heavy atom. The highest BCUT2D eigenvalue weighted by atomic mass is 16.4. The fourth-order valence-corrected chi connectivity index (χ4v) is 11.0. The van der Waals surface area contributed by atoms with Gasteiger partial charge >= 0.3 is 11.9 Å². The minimum Gasteiger partial charge on any atom is -0.481 e. The fourth-order valence-electron chi connectivity index (χ4n) is 11.0. The lowest BCUT2D eigenvalue weighted by atomic mass is 9.49. The number of rotatable bonds is 5. The zero-order valence-corrected chi connectivity index (χ0v) is 28.4. The lowest BCUT2D eigenvalue weighted by molar-refractivity contribution is -0.158. The van der Waals surface area contributed by atoms with E-state index in [2.05, 4.69) is 65.8 Å². The predicted octanol–water partition coefficient (Wildman–Crippen LogP) is 9.79. The van der Waals surface area contributed by atoms with Crippen LogP contribution in [0.5, 0.6) is 0 Å². The minimum absolute atomic E-state index is 0.121. The Balaban J connectivity index is 1.58. The van der Waals surface area contributed by atoms with Gasteiger partial charge in [0.05, 0.1) is 10.8 Å². The molecule has 6 atom stereocenters. The van der Waals surface area contributed by atoms with Crippen molar-refractivity contribution in [3.05, 3.63) is 57.6 Å². The van der Waals surface area contributed by atoms with Crippen LogP contribution in [0, 0.1) is 22.7 Å². The molecule has 4 aliphatic rings. The first-order valence-electron chi connectivity index (χ1n) is 17.4. The maximum absolute atomic E-state index is 12.7. The Kier molecular flexibility index (Phi) is 7.46. The van der Waals surface area contributed by atoms with Gasteiger partial charge in [0, 0.05) is 0 Å². The molecule has 6 unspecified atom stereocenters. The van der Waals surface area contributed by atoms with E-state index >= 15 is 0 Å². The molecular weight excluding hydrogens is 544 g/mol. The van der Waals surface area contributed by atoms with Crippen LogP contribution in [0.2, 0.25) is 0 Å². The van der Waals surface area contributed by atoms with Crippen molar-refractivity contribution in [3.63, 3.8) is 0 Å². The third kappa shape index (κ3) is 4.36. The molecule has 6 rings (SSSR count). The number of aliphatic carboxylic acids is 2. The van der Waals surface area contributed by atoms with E-state index in [1.807, 2.05) is 13.8 Å². The Morgan fingerprint density at radius 1 is 0.636 bits per heavy atom. The summed E-state index contributed by atoms with van der Waals surface area (Å²) < 4.78 is 0. The quantitative estimate of drug-likeness (QED) is 0.359. The SMILES string of the molecule is CC(C)c1cc2c(cc1-c1cc3c(cc1C(C)C)CCC1C(C)(C(=O)O)CCCC31C)C1(C)CCCC(C)(C(=O)O)C1CC2. The van der Waals surface area contributed by atoms with Crippen molar-refractivity contribution in [3.8, 4) is 11.1 Å². The monoisotopic (exact) mass is 598 g/mol. The van der Waals surface area contributed by atoms with Gasteiger partial charge in [-0.05, 0) is 144 Å². The van der Waals surface area contributed by atoms with Crippen LogP contribution < -0.4 is 0 Å². The van der Waals surface area contributed by atoms with Crippen molar-refractivity contribution in [1.82, 2.24) is 0 Å². The van der Waals surface area contributed by atoms with Gasteiger partial charge in [-0.3, -0.25) is 9.59 Å². The molecule has 0 spiro atoms. The van der Waals surface area contributed by atoms with Crippen molar-refractivity contribution >= 4 is 11.9 Å². The number of benzene rings is 2. The summed E-state index contributed by atoms with van der Waals surface area (Å²) in [6, 6.07) is 9.92. The van der Waals surface area contributed by atoms with Gasteiger partial charge in [-0.25, -0.2) is 0 Å². The van der Waals surface area contributed by atoms with Crippen LogP contribution in [-0.4, -0.2) is 22.2 Å². The molecule has 4 aliphatic carbocycles. The van der Waals surface area contributed by atoms with E-state index in [-0.39, 0.29) is 22.7 Å². The average Bonchev–Trinajstić information content (AvgIpc) is 2.95. The van der Waals surface area contributed by atoms with Crippen LogP contribution in [-0.2, 0) is 33.3 Å². The lowest BCUT2D eigenvalue weighted by Gasteiger charge is -2.54. The van der Waals surface area contributed by atoms with Crippen molar-refractivity contribution in [2.45, 2.75) is 142 Å². The Labute approximate surface area is 265 Å². The van der Waals surface area contributed by atoms with Gasteiger partial charge in [0.15, 0.2) is 0 Å². The maximum atomic E-state index is 12.7. The van der Waals surface area contributed by atoms with Crippen molar-refractivity contribution < 1.29 is 19.8 Å². The van der Waals surface area contributed by atoms with E-state index in [1.165, 1.54) is 44.5 Å². The molecular formula is C40H54O4. The molecule has 0 saturated heterocycles. The molecule has 4 heteroatoms. The highest BCUT2D eigenvalue weighted by Crippen LogP contribution is 2.60. The summed E-state index contributed by atoms with van der Waals surface area (Å²) in [7, 11) is 0. The van der Waals surface area contributed by atoms with E-state index in [4.69, 9.17) is 0 Å². The molecule has 0 radical (unpaired) electrons. The average molecular weight is 599 g/mol. The van der Waals surface area contributed by atoms with Gasteiger partial charge in [0.2, 0.25) is 0 Å². The standard InChI is InChI=1S/C40H54O4/c1-23(2)27-19-25-11-13-33-37(5,15-9-17-39(33,7)35(41)42)31(25)21-29(27)30-22-32-26(20-28(30)24(3)4)12-14-34-38(32,6)16-10-18-40(34,8)36(43)44/h19-24,33-34H,9-18H2,1-8H3,(H,41,42)(H,43,44). The topological polar surface area (TPSA) is 74.6 Å². The number of hydrogen-bond acceptors (Lipinski definition) is 2. The molecule has 2 saturated carbocycles. The van der Waals surface area contributed by atoms with Crippen LogP contribution >= 0.6 is 0 Å². The summed E-state index contributed by atoms with van der Waals surface area (Å²) in [6.45, 7) is 17.9. The van der Waals surface area contributed by atoms with Crippen molar-refractivity contribution in [2.24, 2.45) is 22.7 Å². The molecule has 0 heterocycles. The second kappa shape index (κ2) is 10.5. The van der Waals surface area contributed by atoms with Crippen LogP contribution in [0.3, 0.4) is 0 Å². The third-order valence-electron chi connectivity index (χ3n) is 13.6. The van der Waals surface area contributed by atoms with Crippen LogP contribution in [0.4, 0.5) is 0 Å². The first kappa shape index (κ1) is 31.4. The zero-order chi connectivity index (χ0) is 32.0.